The number of carbonyl (C=O) groups is 1. The Morgan fingerprint density at radius 2 is 2.33 bits per heavy atom. The van der Waals surface area contributed by atoms with E-state index in [1.807, 2.05) is 0 Å². The third kappa shape index (κ3) is 4.66. The van der Waals surface area contributed by atoms with Crippen LogP contribution in [0, 0.1) is 0 Å². The van der Waals surface area contributed by atoms with Crippen LogP contribution in [0.5, 0.6) is 0 Å². The average molecular weight is 228 g/mol. The molecule has 1 aromatic heterocycles. The lowest BCUT2D eigenvalue weighted by atomic mass is 10.3. The molecular weight excluding hydrogens is 216 g/mol. The first-order chi connectivity index (χ1) is 7.08. The van der Waals surface area contributed by atoms with E-state index in [1.54, 1.807) is 12.1 Å². The highest BCUT2D eigenvalue weighted by atomic mass is 32.2. The molecular formula is C9H12N2O3S. The van der Waals surface area contributed by atoms with Gasteiger partial charge < -0.3 is 15.9 Å². The van der Waals surface area contributed by atoms with Crippen LogP contribution in [-0.2, 0) is 4.79 Å². The van der Waals surface area contributed by atoms with Gasteiger partial charge in [0.05, 0.1) is 29.4 Å². The van der Waals surface area contributed by atoms with Crippen molar-refractivity contribution in [2.45, 2.75) is 17.6 Å². The van der Waals surface area contributed by atoms with Gasteiger partial charge in [-0.2, -0.15) is 0 Å². The third-order valence-electron chi connectivity index (χ3n) is 1.59. The number of nitrogen functional groups attached to an aromatic ring is 1. The van der Waals surface area contributed by atoms with Crippen LogP contribution in [0.25, 0.3) is 0 Å². The number of thioether (sulfide) groups is 1. The Kier molecular flexibility index (Phi) is 4.38. The van der Waals surface area contributed by atoms with Gasteiger partial charge in [-0.05, 0) is 12.1 Å². The molecule has 1 atom stereocenters. The third-order valence-corrected chi connectivity index (χ3v) is 2.68. The number of anilines is 1. The summed E-state index contributed by atoms with van der Waals surface area (Å²) in [4.78, 5) is 14.3. The fraction of sp³-hybridized carbons (Fsp3) is 0.333. The second-order valence-electron chi connectivity index (χ2n) is 2.99. The molecule has 0 fully saturated rings. The Hall–Kier alpha value is -1.27. The van der Waals surface area contributed by atoms with E-state index in [9.17, 15) is 9.90 Å². The lowest BCUT2D eigenvalue weighted by Gasteiger charge is -2.06. The summed E-state index contributed by atoms with van der Waals surface area (Å²) in [5.41, 5.74) is 6.02. The Morgan fingerprint density at radius 3 is 2.87 bits per heavy atom. The summed E-state index contributed by atoms with van der Waals surface area (Å²) in [7, 11) is 0. The summed E-state index contributed by atoms with van der Waals surface area (Å²) >= 11 is 1.30. The van der Waals surface area contributed by atoms with Crippen LogP contribution >= 0.6 is 11.8 Å². The molecule has 0 saturated carbocycles. The lowest BCUT2D eigenvalue weighted by molar-refractivity contribution is -0.138. The average Bonchev–Trinajstić information content (AvgIpc) is 2.16. The molecule has 4 N–H and O–H groups in total. The van der Waals surface area contributed by atoms with E-state index < -0.39 is 12.1 Å². The number of aliphatic hydroxyl groups is 1. The number of hydrogen-bond donors (Lipinski definition) is 3. The van der Waals surface area contributed by atoms with Gasteiger partial charge >= 0.3 is 5.97 Å². The van der Waals surface area contributed by atoms with Gasteiger partial charge in [0, 0.05) is 5.75 Å². The fourth-order valence-corrected chi connectivity index (χ4v) is 1.69. The number of pyridine rings is 1. The van der Waals surface area contributed by atoms with E-state index in [0.29, 0.717) is 16.5 Å². The van der Waals surface area contributed by atoms with Gasteiger partial charge in [0.1, 0.15) is 0 Å². The first-order valence-electron chi connectivity index (χ1n) is 4.32. The van der Waals surface area contributed by atoms with Crippen LogP contribution in [0.2, 0.25) is 0 Å². The second-order valence-corrected chi connectivity index (χ2v) is 4.03. The van der Waals surface area contributed by atoms with Crippen molar-refractivity contribution in [3.8, 4) is 0 Å². The molecule has 0 bridgehead atoms. The van der Waals surface area contributed by atoms with Gasteiger partial charge in [-0.1, -0.05) is 0 Å². The number of nitrogens with zero attached hydrogens (tertiary/aromatic N) is 1. The van der Waals surface area contributed by atoms with Gasteiger partial charge in [-0.3, -0.25) is 4.79 Å². The minimum atomic E-state index is -1.01. The topological polar surface area (TPSA) is 96.4 Å². The molecule has 5 nitrogen and oxygen atoms in total. The minimum absolute atomic E-state index is 0.248. The standard InChI is InChI=1S/C9H12N2O3S/c10-6-1-2-8(11-4-6)15-5-7(12)3-9(13)14/h1-2,4,7,12H,3,5,10H2,(H,13,14). The number of aliphatic hydroxyl groups excluding tert-OH is 1. The number of aliphatic carboxylic acids is 1. The Labute approximate surface area is 91.3 Å². The summed E-state index contributed by atoms with van der Waals surface area (Å²) in [6.45, 7) is 0. The van der Waals surface area contributed by atoms with Crippen LogP contribution in [0.1, 0.15) is 6.42 Å². The highest BCUT2D eigenvalue weighted by Gasteiger charge is 2.09. The molecule has 6 heteroatoms. The number of carboxylic acids is 1. The first-order valence-corrected chi connectivity index (χ1v) is 5.30. The van der Waals surface area contributed by atoms with Crippen LogP contribution in [0.3, 0.4) is 0 Å². The fourth-order valence-electron chi connectivity index (χ4n) is 0.919. The van der Waals surface area contributed by atoms with Crippen LogP contribution in [-0.4, -0.2) is 33.0 Å². The van der Waals surface area contributed by atoms with Crippen molar-refractivity contribution >= 4 is 23.4 Å². The van der Waals surface area contributed by atoms with Crippen molar-refractivity contribution in [1.29, 1.82) is 0 Å². The van der Waals surface area contributed by atoms with Crippen LogP contribution < -0.4 is 5.73 Å². The minimum Gasteiger partial charge on any atom is -0.481 e. The maximum Gasteiger partial charge on any atom is 0.306 e. The molecule has 0 amide bonds. The second kappa shape index (κ2) is 5.57. The summed E-state index contributed by atoms with van der Waals surface area (Å²) in [6.07, 6.45) is 0.417. The molecule has 1 heterocycles. The SMILES string of the molecule is Nc1ccc(SCC(O)CC(=O)O)nc1. The summed E-state index contributed by atoms with van der Waals surface area (Å²) in [6, 6.07) is 3.44. The molecule has 0 spiro atoms. The molecule has 1 aromatic rings. The van der Waals surface area contributed by atoms with Gasteiger partial charge in [0.2, 0.25) is 0 Å². The number of hydrogen-bond acceptors (Lipinski definition) is 5. The highest BCUT2D eigenvalue weighted by molar-refractivity contribution is 7.99. The van der Waals surface area contributed by atoms with E-state index in [0.717, 1.165) is 0 Å². The van der Waals surface area contributed by atoms with Gasteiger partial charge in [-0.15, -0.1) is 11.8 Å². The van der Waals surface area contributed by atoms with Crippen molar-refractivity contribution in [3.63, 3.8) is 0 Å². The van der Waals surface area contributed by atoms with Crippen molar-refractivity contribution in [2.75, 3.05) is 11.5 Å². The number of nitrogens with two attached hydrogens (primary N) is 1. The van der Waals surface area contributed by atoms with E-state index in [1.165, 1.54) is 18.0 Å². The molecule has 0 aliphatic carbocycles. The van der Waals surface area contributed by atoms with E-state index >= 15 is 0 Å². The molecule has 1 unspecified atom stereocenters. The largest absolute Gasteiger partial charge is 0.481 e. The summed E-state index contributed by atoms with van der Waals surface area (Å²) in [5.74, 6) is -0.697. The molecule has 0 aromatic carbocycles. The number of rotatable bonds is 5. The Morgan fingerprint density at radius 1 is 1.60 bits per heavy atom. The quantitative estimate of drug-likeness (QED) is 0.638. The molecule has 0 radical (unpaired) electrons. The number of carboxylic acid groups (broad SMARTS) is 1. The zero-order valence-corrected chi connectivity index (χ0v) is 8.78. The van der Waals surface area contributed by atoms with Crippen molar-refractivity contribution in [2.24, 2.45) is 0 Å². The maximum atomic E-state index is 10.3. The zero-order chi connectivity index (χ0) is 11.3. The molecule has 82 valence electrons. The van der Waals surface area contributed by atoms with E-state index in [-0.39, 0.29) is 6.42 Å². The van der Waals surface area contributed by atoms with Crippen molar-refractivity contribution in [1.82, 2.24) is 4.98 Å². The molecule has 0 aliphatic rings. The Bertz CT molecular complexity index is 329. The maximum absolute atomic E-state index is 10.3. The zero-order valence-electron chi connectivity index (χ0n) is 7.96. The van der Waals surface area contributed by atoms with Crippen molar-refractivity contribution < 1.29 is 15.0 Å². The molecule has 15 heavy (non-hydrogen) atoms. The van der Waals surface area contributed by atoms with Gasteiger partial charge in [0.15, 0.2) is 0 Å². The molecule has 1 rings (SSSR count). The normalized spacial score (nSPS) is 12.3. The number of aromatic nitrogens is 1. The van der Waals surface area contributed by atoms with E-state index in [4.69, 9.17) is 10.8 Å². The summed E-state index contributed by atoms with van der Waals surface area (Å²) < 4.78 is 0. The predicted molar refractivity (Wildman–Crippen MR) is 57.6 cm³/mol. The van der Waals surface area contributed by atoms with Crippen LogP contribution in [0.4, 0.5) is 5.69 Å². The smallest absolute Gasteiger partial charge is 0.306 e. The van der Waals surface area contributed by atoms with Gasteiger partial charge in [-0.25, -0.2) is 4.98 Å². The molecule has 0 saturated heterocycles. The molecule has 0 aliphatic heterocycles. The Balaban J connectivity index is 2.36. The van der Waals surface area contributed by atoms with Crippen molar-refractivity contribution in [3.05, 3.63) is 18.3 Å². The lowest BCUT2D eigenvalue weighted by Crippen LogP contribution is -2.15. The monoisotopic (exact) mass is 228 g/mol. The van der Waals surface area contributed by atoms with Crippen LogP contribution in [0.15, 0.2) is 23.4 Å². The summed E-state index contributed by atoms with van der Waals surface area (Å²) in [5, 5.41) is 18.4. The van der Waals surface area contributed by atoms with Gasteiger partial charge in [0.25, 0.3) is 0 Å². The van der Waals surface area contributed by atoms with E-state index in [2.05, 4.69) is 4.98 Å². The highest BCUT2D eigenvalue weighted by Crippen LogP contribution is 2.17. The predicted octanol–water partition coefficient (Wildman–Crippen LogP) is 0.591. The first kappa shape index (κ1) is 11.8.